The summed E-state index contributed by atoms with van der Waals surface area (Å²) in [5.74, 6) is 0.434. The minimum atomic E-state index is -1.36. The Labute approximate surface area is 305 Å². The van der Waals surface area contributed by atoms with Crippen molar-refractivity contribution in [2.75, 3.05) is 26.9 Å². The number of nitrogens with zero attached hydrogens (tertiary/aromatic N) is 4. The molecule has 1 saturated heterocycles. The number of hydrogen-bond acceptors (Lipinski definition) is 10. The zero-order chi connectivity index (χ0) is 36.8. The van der Waals surface area contributed by atoms with E-state index in [0.717, 1.165) is 47.8 Å². The lowest BCUT2D eigenvalue weighted by molar-refractivity contribution is -0.175. The molecule has 2 atom stereocenters. The van der Waals surface area contributed by atoms with E-state index in [4.69, 9.17) is 28.5 Å². The van der Waals surface area contributed by atoms with Gasteiger partial charge in [-0.3, -0.25) is 4.79 Å². The molecule has 1 fully saturated rings. The third kappa shape index (κ3) is 9.52. The van der Waals surface area contributed by atoms with Gasteiger partial charge in [-0.25, -0.2) is 4.98 Å². The summed E-state index contributed by atoms with van der Waals surface area (Å²) in [7, 11) is 0.281. The predicted octanol–water partition coefficient (Wildman–Crippen LogP) is 7.14. The minimum absolute atomic E-state index is 0.0596. The molecular weight excluding hydrogens is 687 g/mol. The molecule has 0 spiro atoms. The number of imidazole rings is 1. The monoisotopic (exact) mass is 741 g/mol. The Morgan fingerprint density at radius 3 is 2.55 bits per heavy atom. The Balaban J connectivity index is 1.45. The summed E-state index contributed by atoms with van der Waals surface area (Å²) in [6, 6.07) is 8.25. The summed E-state index contributed by atoms with van der Waals surface area (Å²) >= 11 is -1.36. The SMILES string of the molecule is CCn1ccc2cc(-c3cnc([C@H](CCCCCC4(c5ccon5)OCCO4)N[S+]([O-])C(C)(C)C)n3COCC[Si](C)(C)C)c(OC)cc2c1=O. The van der Waals surface area contributed by atoms with Crippen molar-refractivity contribution < 1.29 is 28.0 Å². The second-order valence-corrected chi connectivity index (χ2v) is 22.9. The van der Waals surface area contributed by atoms with Gasteiger partial charge in [0, 0.05) is 56.8 Å². The van der Waals surface area contributed by atoms with Crippen molar-refractivity contribution in [1.29, 1.82) is 0 Å². The van der Waals surface area contributed by atoms with Crippen molar-refractivity contribution in [2.45, 2.75) is 115 Å². The van der Waals surface area contributed by atoms with Gasteiger partial charge in [-0.05, 0) is 70.2 Å². The van der Waals surface area contributed by atoms with Crippen LogP contribution in [0.3, 0.4) is 0 Å². The van der Waals surface area contributed by atoms with Gasteiger partial charge in [-0.15, -0.1) is 4.72 Å². The molecule has 1 N–H and O–H groups in total. The molecule has 0 amide bonds. The number of hydrogen-bond donors (Lipinski definition) is 1. The van der Waals surface area contributed by atoms with Crippen LogP contribution < -0.4 is 15.0 Å². The number of aryl methyl sites for hydroxylation is 1. The van der Waals surface area contributed by atoms with Crippen LogP contribution in [0.4, 0.5) is 0 Å². The summed E-state index contributed by atoms with van der Waals surface area (Å²) in [6.07, 6.45) is 9.11. The Morgan fingerprint density at radius 1 is 1.14 bits per heavy atom. The molecule has 280 valence electrons. The smallest absolute Gasteiger partial charge is 0.258 e. The number of nitrogens with one attached hydrogen (secondary N) is 1. The summed E-state index contributed by atoms with van der Waals surface area (Å²) in [6.45, 7) is 17.3. The number of unbranched alkanes of at least 4 members (excludes halogenated alkanes) is 2. The topological polar surface area (TPSA) is 138 Å². The standard InChI is InChI=1S/C37H55N5O7SSi/c1-9-41-17-14-27-23-29(32(45-5)24-28(27)35(41)43)31-25-38-34(42(31)26-46-21-22-51(6,7)8)30(40-50(44)36(2,3)4)13-11-10-12-16-37(47-19-20-48-37)33-15-18-49-39-33/h14-15,17-18,23-25,30,40H,9-13,16,19-22,26H2,1-8H3/t30-,50?/m0/s1. The number of fused-ring (bicyclic) bond motifs is 1. The molecule has 51 heavy (non-hydrogen) atoms. The van der Waals surface area contributed by atoms with Gasteiger partial charge >= 0.3 is 0 Å². The highest BCUT2D eigenvalue weighted by Gasteiger charge is 2.40. The first kappa shape index (κ1) is 39.2. The van der Waals surface area contributed by atoms with Crippen molar-refractivity contribution in [3.8, 4) is 17.0 Å². The molecular formula is C37H55N5O7SSi. The quantitative estimate of drug-likeness (QED) is 0.0637. The summed E-state index contributed by atoms with van der Waals surface area (Å²) in [5, 5.41) is 5.51. The van der Waals surface area contributed by atoms with E-state index in [2.05, 4.69) is 34.1 Å². The predicted molar refractivity (Wildman–Crippen MR) is 203 cm³/mol. The van der Waals surface area contributed by atoms with Crippen molar-refractivity contribution in [2.24, 2.45) is 0 Å². The van der Waals surface area contributed by atoms with Crippen LogP contribution in [0.15, 0.2) is 52.2 Å². The second-order valence-electron chi connectivity index (χ2n) is 15.3. The zero-order valence-corrected chi connectivity index (χ0v) is 33.3. The average molecular weight is 742 g/mol. The fourth-order valence-electron chi connectivity index (χ4n) is 6.20. The van der Waals surface area contributed by atoms with E-state index in [0.29, 0.717) is 56.0 Å². The van der Waals surface area contributed by atoms with Crippen molar-refractivity contribution in [3.63, 3.8) is 0 Å². The van der Waals surface area contributed by atoms with Gasteiger partial charge in [0.15, 0.2) is 0 Å². The Hall–Kier alpha value is -2.98. The van der Waals surface area contributed by atoms with Crippen LogP contribution in [0.25, 0.3) is 22.0 Å². The van der Waals surface area contributed by atoms with E-state index in [-0.39, 0.29) is 18.3 Å². The Morgan fingerprint density at radius 2 is 1.90 bits per heavy atom. The van der Waals surface area contributed by atoms with Crippen LogP contribution in [0, 0.1) is 0 Å². The number of benzene rings is 1. The van der Waals surface area contributed by atoms with E-state index in [1.807, 2.05) is 58.3 Å². The number of rotatable bonds is 18. The lowest BCUT2D eigenvalue weighted by atomic mass is 10.0. The molecule has 1 aromatic carbocycles. The molecule has 14 heteroatoms. The van der Waals surface area contributed by atoms with Crippen LogP contribution in [-0.2, 0) is 44.6 Å². The lowest BCUT2D eigenvalue weighted by Crippen LogP contribution is -2.42. The van der Waals surface area contributed by atoms with Crippen molar-refractivity contribution in [3.05, 3.63) is 64.8 Å². The molecule has 1 unspecified atom stereocenters. The Kier molecular flexibility index (Phi) is 12.9. The normalized spacial score (nSPS) is 16.2. The third-order valence-electron chi connectivity index (χ3n) is 9.21. The van der Waals surface area contributed by atoms with E-state index in [1.165, 1.54) is 6.26 Å². The summed E-state index contributed by atoms with van der Waals surface area (Å²) in [5.41, 5.74) is 2.20. The van der Waals surface area contributed by atoms with Gasteiger partial charge in [0.25, 0.3) is 5.56 Å². The van der Waals surface area contributed by atoms with E-state index in [9.17, 15) is 9.35 Å². The molecule has 3 aromatic heterocycles. The first-order chi connectivity index (χ1) is 24.3. The van der Waals surface area contributed by atoms with Crippen LogP contribution in [0.5, 0.6) is 5.75 Å². The molecule has 1 aliphatic heterocycles. The fourth-order valence-corrected chi connectivity index (χ4v) is 7.79. The van der Waals surface area contributed by atoms with Crippen molar-refractivity contribution in [1.82, 2.24) is 24.0 Å². The minimum Gasteiger partial charge on any atom is -0.598 e. The molecule has 4 heterocycles. The lowest BCUT2D eigenvalue weighted by Gasteiger charge is -2.28. The van der Waals surface area contributed by atoms with E-state index < -0.39 is 30.0 Å². The van der Waals surface area contributed by atoms with E-state index >= 15 is 0 Å². The highest BCUT2D eigenvalue weighted by molar-refractivity contribution is 7.90. The molecule has 12 nitrogen and oxygen atoms in total. The van der Waals surface area contributed by atoms with Gasteiger partial charge in [-0.2, -0.15) is 0 Å². The van der Waals surface area contributed by atoms with Gasteiger partial charge < -0.3 is 37.2 Å². The summed E-state index contributed by atoms with van der Waals surface area (Å²) in [4.78, 5) is 18.2. The zero-order valence-electron chi connectivity index (χ0n) is 31.5. The van der Waals surface area contributed by atoms with Gasteiger partial charge in [0.1, 0.15) is 41.1 Å². The molecule has 0 saturated carbocycles. The van der Waals surface area contributed by atoms with Crippen LogP contribution >= 0.6 is 0 Å². The summed E-state index contributed by atoms with van der Waals surface area (Å²) < 4.78 is 49.7. The van der Waals surface area contributed by atoms with Gasteiger partial charge in [-0.1, -0.05) is 37.6 Å². The molecule has 0 bridgehead atoms. The highest BCUT2D eigenvalue weighted by atomic mass is 32.2. The number of pyridine rings is 1. The number of ether oxygens (including phenoxy) is 4. The van der Waals surface area contributed by atoms with Crippen LogP contribution in [0.2, 0.25) is 25.7 Å². The fraction of sp³-hybridized carbons (Fsp3) is 0.595. The highest BCUT2D eigenvalue weighted by Crippen LogP contribution is 2.38. The maximum Gasteiger partial charge on any atom is 0.258 e. The average Bonchev–Trinajstić information content (AvgIpc) is 3.87. The van der Waals surface area contributed by atoms with Gasteiger partial charge in [0.05, 0.1) is 37.6 Å². The third-order valence-corrected chi connectivity index (χ3v) is 12.5. The molecule has 4 aromatic rings. The molecule has 0 aliphatic carbocycles. The maximum absolute atomic E-state index is 13.6. The Bertz CT molecular complexity index is 1770. The van der Waals surface area contributed by atoms with E-state index in [1.54, 1.807) is 17.7 Å². The largest absolute Gasteiger partial charge is 0.598 e. The first-order valence-corrected chi connectivity index (χ1v) is 22.8. The molecule has 5 rings (SSSR count). The molecule has 1 aliphatic rings. The number of methoxy groups -OCH3 is 1. The van der Waals surface area contributed by atoms with Crippen molar-refractivity contribution >= 4 is 30.2 Å². The van der Waals surface area contributed by atoms with Crippen LogP contribution in [0.1, 0.15) is 77.4 Å². The maximum atomic E-state index is 13.6. The van der Waals surface area contributed by atoms with Gasteiger partial charge in [0.2, 0.25) is 5.79 Å². The van der Waals surface area contributed by atoms with Crippen LogP contribution in [-0.4, -0.2) is 63.6 Å². The molecule has 0 radical (unpaired) electrons. The first-order valence-electron chi connectivity index (χ1n) is 18.0. The number of aromatic nitrogens is 4. The second kappa shape index (κ2) is 16.8.